The van der Waals surface area contributed by atoms with Gasteiger partial charge in [0.15, 0.2) is 5.96 Å². The van der Waals surface area contributed by atoms with E-state index in [9.17, 15) is 0 Å². The van der Waals surface area contributed by atoms with Gasteiger partial charge in [-0.25, -0.2) is 0 Å². The highest BCUT2D eigenvalue weighted by Gasteiger charge is 2.19. The molecule has 0 aromatic heterocycles. The van der Waals surface area contributed by atoms with E-state index >= 15 is 0 Å². The second-order valence-electron chi connectivity index (χ2n) is 5.64. The molecule has 0 bridgehead atoms. The van der Waals surface area contributed by atoms with Gasteiger partial charge in [-0.3, -0.25) is 9.89 Å². The molecule has 21 heavy (non-hydrogen) atoms. The van der Waals surface area contributed by atoms with E-state index in [2.05, 4.69) is 46.3 Å². The highest BCUT2D eigenvalue weighted by atomic mass is 127. The summed E-state index contributed by atoms with van der Waals surface area (Å²) in [4.78, 5) is 9.16. The van der Waals surface area contributed by atoms with Crippen LogP contribution < -0.4 is 10.6 Å². The van der Waals surface area contributed by atoms with Crippen LogP contribution in [-0.4, -0.2) is 88.4 Å². The van der Waals surface area contributed by atoms with Gasteiger partial charge >= 0.3 is 0 Å². The lowest BCUT2D eigenvalue weighted by molar-refractivity contribution is 0.120. The Balaban J connectivity index is 0.00000400. The molecule has 6 nitrogen and oxygen atoms in total. The minimum absolute atomic E-state index is 0. The molecule has 0 aromatic rings. The molecule has 0 aliphatic carbocycles. The van der Waals surface area contributed by atoms with Gasteiger partial charge in [-0.05, 0) is 20.9 Å². The Morgan fingerprint density at radius 3 is 2.38 bits per heavy atom. The predicted molar refractivity (Wildman–Crippen MR) is 99.8 cm³/mol. The fraction of sp³-hybridized carbons (Fsp3) is 0.929. The Morgan fingerprint density at radius 1 is 1.24 bits per heavy atom. The van der Waals surface area contributed by atoms with Crippen molar-refractivity contribution in [3.05, 3.63) is 0 Å². The van der Waals surface area contributed by atoms with E-state index in [1.165, 1.54) is 0 Å². The van der Waals surface area contributed by atoms with Gasteiger partial charge in [-0.2, -0.15) is 0 Å². The molecule has 2 N–H and O–H groups in total. The second-order valence-corrected chi connectivity index (χ2v) is 5.64. The second kappa shape index (κ2) is 11.4. The molecule has 0 aromatic carbocycles. The standard InChI is InChI=1S/C14H31N5O.HI/c1-12(11-20-5)17-14(15-3)16-10-13(2)19-8-6-18(4)7-9-19;/h12-13H,6-11H2,1-5H3,(H2,15,16,17);1H. The maximum atomic E-state index is 5.12. The summed E-state index contributed by atoms with van der Waals surface area (Å²) in [6, 6.07) is 0.769. The molecule has 0 radical (unpaired) electrons. The molecule has 1 aliphatic heterocycles. The number of aliphatic imine (C=N–C) groups is 1. The summed E-state index contributed by atoms with van der Waals surface area (Å²) in [7, 11) is 5.70. The topological polar surface area (TPSA) is 52.1 Å². The molecule has 0 spiro atoms. The third-order valence-corrected chi connectivity index (χ3v) is 3.75. The molecule has 0 saturated carbocycles. The van der Waals surface area contributed by atoms with Crippen molar-refractivity contribution < 1.29 is 4.74 Å². The van der Waals surface area contributed by atoms with Gasteiger partial charge in [-0.15, -0.1) is 24.0 Å². The Kier molecular flexibility index (Phi) is 11.4. The van der Waals surface area contributed by atoms with Gasteiger partial charge in [0.25, 0.3) is 0 Å². The van der Waals surface area contributed by atoms with E-state index in [0.29, 0.717) is 12.6 Å². The van der Waals surface area contributed by atoms with E-state index in [-0.39, 0.29) is 30.0 Å². The Morgan fingerprint density at radius 2 is 1.86 bits per heavy atom. The summed E-state index contributed by atoms with van der Waals surface area (Å²) < 4.78 is 5.12. The highest BCUT2D eigenvalue weighted by molar-refractivity contribution is 14.0. The summed E-state index contributed by atoms with van der Waals surface area (Å²) in [6.45, 7) is 10.5. The third-order valence-electron chi connectivity index (χ3n) is 3.75. The van der Waals surface area contributed by atoms with E-state index in [4.69, 9.17) is 4.74 Å². The number of rotatable bonds is 6. The van der Waals surface area contributed by atoms with Crippen LogP contribution in [0, 0.1) is 0 Å². The van der Waals surface area contributed by atoms with E-state index in [1.54, 1.807) is 14.2 Å². The van der Waals surface area contributed by atoms with Crippen molar-refractivity contribution in [3.63, 3.8) is 0 Å². The molecule has 126 valence electrons. The third kappa shape index (κ3) is 8.18. The molecule has 1 aliphatic rings. The van der Waals surface area contributed by atoms with E-state index in [0.717, 1.165) is 38.7 Å². The smallest absolute Gasteiger partial charge is 0.191 e. The lowest BCUT2D eigenvalue weighted by Crippen LogP contribution is -2.53. The monoisotopic (exact) mass is 413 g/mol. The number of ether oxygens (including phenoxy) is 1. The van der Waals surface area contributed by atoms with Gasteiger partial charge in [0.2, 0.25) is 0 Å². The molecule has 7 heteroatoms. The molecule has 0 amide bonds. The summed E-state index contributed by atoms with van der Waals surface area (Å²) in [5.74, 6) is 0.843. The lowest BCUT2D eigenvalue weighted by atomic mass is 10.2. The highest BCUT2D eigenvalue weighted by Crippen LogP contribution is 2.03. The van der Waals surface area contributed by atoms with Gasteiger partial charge in [0.05, 0.1) is 6.61 Å². The van der Waals surface area contributed by atoms with Crippen LogP contribution >= 0.6 is 24.0 Å². The number of nitrogens with zero attached hydrogens (tertiary/aromatic N) is 3. The summed E-state index contributed by atoms with van der Waals surface area (Å²) in [5.41, 5.74) is 0. The normalized spacial score (nSPS) is 20.5. The number of halogens is 1. The molecule has 2 atom stereocenters. The van der Waals surface area contributed by atoms with Crippen molar-refractivity contribution in [2.45, 2.75) is 25.9 Å². The van der Waals surface area contributed by atoms with Gasteiger partial charge < -0.3 is 20.3 Å². The summed E-state index contributed by atoms with van der Waals surface area (Å²) in [5, 5.41) is 6.72. The maximum Gasteiger partial charge on any atom is 0.191 e. The van der Waals surface area contributed by atoms with Crippen molar-refractivity contribution >= 4 is 29.9 Å². The maximum absolute atomic E-state index is 5.12. The van der Waals surface area contributed by atoms with Crippen LogP contribution in [0.5, 0.6) is 0 Å². The van der Waals surface area contributed by atoms with Gasteiger partial charge in [-0.1, -0.05) is 0 Å². The largest absolute Gasteiger partial charge is 0.383 e. The summed E-state index contributed by atoms with van der Waals surface area (Å²) >= 11 is 0. The lowest BCUT2D eigenvalue weighted by Gasteiger charge is -2.36. The van der Waals surface area contributed by atoms with Crippen molar-refractivity contribution in [2.75, 3.05) is 60.5 Å². The number of hydrogen-bond acceptors (Lipinski definition) is 4. The number of hydrogen-bond donors (Lipinski definition) is 2. The quantitative estimate of drug-likeness (QED) is 0.376. The first-order valence-corrected chi connectivity index (χ1v) is 7.45. The minimum atomic E-state index is 0. The number of nitrogens with one attached hydrogen (secondary N) is 2. The van der Waals surface area contributed by atoms with Crippen molar-refractivity contribution in [3.8, 4) is 0 Å². The zero-order valence-electron chi connectivity index (χ0n) is 14.1. The molecule has 1 saturated heterocycles. The van der Waals surface area contributed by atoms with Crippen LogP contribution in [-0.2, 0) is 4.74 Å². The molecular formula is C14H32IN5O. The van der Waals surface area contributed by atoms with Crippen LogP contribution in [0.15, 0.2) is 4.99 Å². The zero-order chi connectivity index (χ0) is 15.0. The average molecular weight is 413 g/mol. The molecule has 1 heterocycles. The molecule has 2 unspecified atom stereocenters. The molecule has 1 rings (SSSR count). The van der Waals surface area contributed by atoms with Crippen molar-refractivity contribution in [2.24, 2.45) is 4.99 Å². The van der Waals surface area contributed by atoms with Crippen LogP contribution in [0.1, 0.15) is 13.8 Å². The Bertz CT molecular complexity index is 295. The number of piperazine rings is 1. The first kappa shape index (κ1) is 20.9. The molecule has 1 fully saturated rings. The fourth-order valence-electron chi connectivity index (χ4n) is 2.36. The van der Waals surface area contributed by atoms with Gasteiger partial charge in [0, 0.05) is 59.0 Å². The van der Waals surface area contributed by atoms with Crippen molar-refractivity contribution in [1.82, 2.24) is 20.4 Å². The summed E-state index contributed by atoms with van der Waals surface area (Å²) in [6.07, 6.45) is 0. The first-order valence-electron chi connectivity index (χ1n) is 7.45. The van der Waals surface area contributed by atoms with Gasteiger partial charge in [0.1, 0.15) is 0 Å². The van der Waals surface area contributed by atoms with Crippen molar-refractivity contribution in [1.29, 1.82) is 0 Å². The van der Waals surface area contributed by atoms with E-state index in [1.807, 2.05) is 0 Å². The van der Waals surface area contributed by atoms with E-state index < -0.39 is 0 Å². The van der Waals surface area contributed by atoms with Crippen LogP contribution in [0.4, 0.5) is 0 Å². The molecular weight excluding hydrogens is 381 g/mol. The minimum Gasteiger partial charge on any atom is -0.383 e. The number of guanidine groups is 1. The fourth-order valence-corrected chi connectivity index (χ4v) is 2.36. The SMILES string of the molecule is CN=C(NCC(C)N1CCN(C)CC1)NC(C)COC.I. The zero-order valence-corrected chi connectivity index (χ0v) is 16.4. The van der Waals surface area contributed by atoms with Crippen LogP contribution in [0.25, 0.3) is 0 Å². The predicted octanol–water partition coefficient (Wildman–Crippen LogP) is 0.440. The number of likely N-dealkylation sites (N-methyl/N-ethyl adjacent to an activating group) is 1. The average Bonchev–Trinajstić information content (AvgIpc) is 2.44. The van der Waals surface area contributed by atoms with Crippen LogP contribution in [0.2, 0.25) is 0 Å². The number of methoxy groups -OCH3 is 1. The van der Waals surface area contributed by atoms with Crippen LogP contribution in [0.3, 0.4) is 0 Å². The first-order chi connectivity index (χ1) is 9.56. The Hall–Kier alpha value is -0.120. The Labute approximate surface area is 146 Å².